The number of anilines is 2. The van der Waals surface area contributed by atoms with Crippen LogP contribution < -0.4 is 19.3 Å². The number of carbonyl (C=O) groups is 4. The number of hydrogen-bond donors (Lipinski definition) is 0. The minimum Gasteiger partial charge on any atom is -0.457 e. The Balaban J connectivity index is 0.891. The van der Waals surface area contributed by atoms with Gasteiger partial charge in [0.25, 0.3) is 35.0 Å². The summed E-state index contributed by atoms with van der Waals surface area (Å²) in [6, 6.07) is 35.2. The van der Waals surface area contributed by atoms with Crippen molar-refractivity contribution in [3.8, 4) is 23.0 Å². The smallest absolute Gasteiger partial charge is 0.270 e. The van der Waals surface area contributed by atoms with Gasteiger partial charge in [0.2, 0.25) is 0 Å². The number of hydrogen-bond acceptors (Lipinski definition) is 10. The van der Waals surface area contributed by atoms with Crippen molar-refractivity contribution in [1.82, 2.24) is 0 Å². The van der Waals surface area contributed by atoms with Crippen LogP contribution in [0.2, 0.25) is 0 Å². The third kappa shape index (κ3) is 6.40. The van der Waals surface area contributed by atoms with Crippen LogP contribution in [0.3, 0.4) is 0 Å². The molecule has 0 saturated heterocycles. The number of benzene rings is 6. The standard InChI is InChI=1S/C43H28N4O10/c1-43(2,25-3-13-31(14-4-25)56-33-17-7-27(8-18-33)44-39(48)35-21-11-29(46(52)53)23-37(35)41(44)50)26-5-15-32(16-6-26)57-34-19-9-28(10-20-34)45-40(49)36-22-12-30(47(54)55)24-38(36)42(45)51/h3-24H,1-2H3. The van der Waals surface area contributed by atoms with E-state index in [1.54, 1.807) is 48.5 Å². The lowest BCUT2D eigenvalue weighted by Crippen LogP contribution is -2.29. The molecule has 57 heavy (non-hydrogen) atoms. The van der Waals surface area contributed by atoms with Gasteiger partial charge < -0.3 is 9.47 Å². The Morgan fingerprint density at radius 2 is 0.737 bits per heavy atom. The first kappa shape index (κ1) is 36.0. The molecule has 0 atom stereocenters. The molecule has 2 heterocycles. The zero-order valence-corrected chi connectivity index (χ0v) is 30.1. The summed E-state index contributed by atoms with van der Waals surface area (Å²) in [5.74, 6) is -0.319. The average molecular weight is 761 g/mol. The van der Waals surface area contributed by atoms with Crippen molar-refractivity contribution in [1.29, 1.82) is 0 Å². The average Bonchev–Trinajstić information content (AvgIpc) is 3.61. The Hall–Kier alpha value is -8.00. The van der Waals surface area contributed by atoms with E-state index in [1.807, 2.05) is 48.5 Å². The molecule has 0 saturated carbocycles. The van der Waals surface area contributed by atoms with E-state index in [1.165, 1.54) is 24.3 Å². The Kier molecular flexibility index (Phi) is 8.65. The lowest BCUT2D eigenvalue weighted by molar-refractivity contribution is -0.385. The number of carbonyl (C=O) groups excluding carboxylic acids is 4. The summed E-state index contributed by atoms with van der Waals surface area (Å²) in [5.41, 5.74) is 1.87. The second kappa shape index (κ2) is 13.7. The summed E-state index contributed by atoms with van der Waals surface area (Å²) in [6.45, 7) is 4.18. The highest BCUT2D eigenvalue weighted by molar-refractivity contribution is 6.35. The van der Waals surface area contributed by atoms with Crippen molar-refractivity contribution in [3.63, 3.8) is 0 Å². The van der Waals surface area contributed by atoms with Crippen molar-refractivity contribution in [2.45, 2.75) is 19.3 Å². The molecule has 14 heteroatoms. The SMILES string of the molecule is CC(C)(c1ccc(Oc2ccc(N3C(=O)c4ccc([N+](=O)[O-])cc4C3=O)cc2)cc1)c1ccc(Oc2ccc(N3C(=O)c4ccc([N+](=O)[O-])cc4C3=O)cc2)cc1. The highest BCUT2D eigenvalue weighted by atomic mass is 16.6. The molecule has 0 unspecified atom stereocenters. The van der Waals surface area contributed by atoms with Gasteiger partial charge in [0, 0.05) is 29.7 Å². The Labute approximate surface area is 323 Å². The van der Waals surface area contributed by atoms with E-state index in [0.29, 0.717) is 34.4 Å². The number of nitro groups is 2. The van der Waals surface area contributed by atoms with Gasteiger partial charge in [0.05, 0.1) is 43.5 Å². The first-order valence-corrected chi connectivity index (χ1v) is 17.4. The van der Waals surface area contributed by atoms with Gasteiger partial charge >= 0.3 is 0 Å². The number of fused-ring (bicyclic) bond motifs is 2. The molecule has 6 aromatic rings. The molecule has 2 aliphatic heterocycles. The summed E-state index contributed by atoms with van der Waals surface area (Å²) in [7, 11) is 0. The van der Waals surface area contributed by atoms with Crippen LogP contribution in [0.4, 0.5) is 22.7 Å². The van der Waals surface area contributed by atoms with E-state index >= 15 is 0 Å². The van der Waals surface area contributed by atoms with Crippen molar-refractivity contribution in [3.05, 3.63) is 187 Å². The molecule has 0 radical (unpaired) electrons. The van der Waals surface area contributed by atoms with Gasteiger partial charge in [0.15, 0.2) is 0 Å². The molecule has 280 valence electrons. The molecule has 0 aromatic heterocycles. The van der Waals surface area contributed by atoms with Crippen molar-refractivity contribution in [2.75, 3.05) is 9.80 Å². The second-order valence-electron chi connectivity index (χ2n) is 13.7. The molecule has 6 aromatic carbocycles. The molecule has 0 fully saturated rings. The minimum atomic E-state index is -0.637. The topological polar surface area (TPSA) is 180 Å². The number of nitrogens with zero attached hydrogens (tertiary/aromatic N) is 4. The molecule has 0 aliphatic carbocycles. The summed E-state index contributed by atoms with van der Waals surface area (Å²) in [6.07, 6.45) is 0. The first-order chi connectivity index (χ1) is 27.3. The Morgan fingerprint density at radius 3 is 1.05 bits per heavy atom. The lowest BCUT2D eigenvalue weighted by atomic mass is 9.78. The number of rotatable bonds is 10. The van der Waals surface area contributed by atoms with Gasteiger partial charge in [-0.15, -0.1) is 0 Å². The first-order valence-electron chi connectivity index (χ1n) is 17.4. The molecule has 2 aliphatic rings. The van der Waals surface area contributed by atoms with Crippen LogP contribution in [0.5, 0.6) is 23.0 Å². The lowest BCUT2D eigenvalue weighted by Gasteiger charge is -2.26. The highest BCUT2D eigenvalue weighted by Gasteiger charge is 2.39. The summed E-state index contributed by atoms with van der Waals surface area (Å²) >= 11 is 0. The minimum absolute atomic E-state index is 0.0186. The van der Waals surface area contributed by atoms with E-state index in [4.69, 9.17) is 9.47 Å². The van der Waals surface area contributed by atoms with Crippen LogP contribution in [0.25, 0.3) is 0 Å². The highest BCUT2D eigenvalue weighted by Crippen LogP contribution is 2.37. The van der Waals surface area contributed by atoms with Gasteiger partial charge in [-0.1, -0.05) is 38.1 Å². The summed E-state index contributed by atoms with van der Waals surface area (Å²) in [5, 5.41) is 22.3. The maximum atomic E-state index is 13.0. The van der Waals surface area contributed by atoms with Gasteiger partial charge in [-0.05, 0) is 96.1 Å². The number of amides is 4. The predicted octanol–water partition coefficient (Wildman–Crippen LogP) is 9.01. The third-order valence-electron chi connectivity index (χ3n) is 9.98. The number of non-ortho nitro benzene ring substituents is 2. The fraction of sp³-hybridized carbons (Fsp3) is 0.0698. The zero-order valence-electron chi connectivity index (χ0n) is 30.1. The van der Waals surface area contributed by atoms with E-state index < -0.39 is 38.9 Å². The van der Waals surface area contributed by atoms with Crippen molar-refractivity contribution in [2.24, 2.45) is 0 Å². The quantitative estimate of drug-likeness (QED) is 0.0743. The van der Waals surface area contributed by atoms with E-state index in [-0.39, 0.29) is 33.6 Å². The monoisotopic (exact) mass is 760 g/mol. The van der Waals surface area contributed by atoms with Gasteiger partial charge in [-0.3, -0.25) is 39.4 Å². The van der Waals surface area contributed by atoms with Crippen molar-refractivity contribution < 1.29 is 38.5 Å². The molecule has 14 nitrogen and oxygen atoms in total. The van der Waals surface area contributed by atoms with Crippen LogP contribution in [-0.4, -0.2) is 33.5 Å². The van der Waals surface area contributed by atoms with E-state index in [9.17, 15) is 39.4 Å². The van der Waals surface area contributed by atoms with Gasteiger partial charge in [0.1, 0.15) is 23.0 Å². The maximum Gasteiger partial charge on any atom is 0.270 e. The normalized spacial score (nSPS) is 13.4. The Morgan fingerprint density at radius 1 is 0.439 bits per heavy atom. The molecule has 4 amide bonds. The van der Waals surface area contributed by atoms with Crippen LogP contribution in [0.15, 0.2) is 133 Å². The van der Waals surface area contributed by atoms with Gasteiger partial charge in [-0.25, -0.2) is 9.80 Å². The van der Waals surface area contributed by atoms with Crippen molar-refractivity contribution >= 4 is 46.4 Å². The van der Waals surface area contributed by atoms with Crippen LogP contribution in [0, 0.1) is 20.2 Å². The van der Waals surface area contributed by atoms with Crippen LogP contribution >= 0.6 is 0 Å². The molecule has 0 bridgehead atoms. The molecule has 0 N–H and O–H groups in total. The molecule has 8 rings (SSSR count). The predicted molar refractivity (Wildman–Crippen MR) is 207 cm³/mol. The summed E-state index contributed by atoms with van der Waals surface area (Å²) < 4.78 is 12.1. The second-order valence-corrected chi connectivity index (χ2v) is 13.7. The fourth-order valence-electron chi connectivity index (χ4n) is 6.80. The molecule has 0 spiro atoms. The van der Waals surface area contributed by atoms with Crippen LogP contribution in [0.1, 0.15) is 66.4 Å². The Bertz CT molecular complexity index is 2490. The van der Waals surface area contributed by atoms with E-state index in [2.05, 4.69) is 13.8 Å². The fourth-order valence-corrected chi connectivity index (χ4v) is 6.80. The van der Waals surface area contributed by atoms with E-state index in [0.717, 1.165) is 33.1 Å². The number of imide groups is 2. The maximum absolute atomic E-state index is 13.0. The number of ether oxygens (including phenoxy) is 2. The molecular formula is C43H28N4O10. The zero-order chi connectivity index (χ0) is 40.2. The summed E-state index contributed by atoms with van der Waals surface area (Å²) in [4.78, 5) is 74.9. The largest absolute Gasteiger partial charge is 0.457 e. The van der Waals surface area contributed by atoms with Gasteiger partial charge in [-0.2, -0.15) is 0 Å². The number of nitro benzene ring substituents is 2. The molecular weight excluding hydrogens is 732 g/mol. The third-order valence-corrected chi connectivity index (χ3v) is 9.98. The van der Waals surface area contributed by atoms with Crippen LogP contribution in [-0.2, 0) is 5.41 Å².